The summed E-state index contributed by atoms with van der Waals surface area (Å²) in [6.45, 7) is 1.27. The van der Waals surface area contributed by atoms with E-state index in [-0.39, 0.29) is 21.7 Å². The normalized spacial score (nSPS) is 25.7. The van der Waals surface area contributed by atoms with Crippen LogP contribution in [0.4, 0.5) is 22.0 Å². The van der Waals surface area contributed by atoms with Crippen LogP contribution in [0.3, 0.4) is 0 Å². The van der Waals surface area contributed by atoms with E-state index in [1.54, 1.807) is 0 Å². The topological polar surface area (TPSA) is 67.4 Å². The molecule has 3 heterocycles. The Kier molecular flexibility index (Phi) is 7.65. The Morgan fingerprint density at radius 3 is 2.53 bits per heavy atom. The van der Waals surface area contributed by atoms with Gasteiger partial charge in [0.25, 0.3) is 17.5 Å². The van der Waals surface area contributed by atoms with E-state index in [1.807, 2.05) is 0 Å². The van der Waals surface area contributed by atoms with Crippen LogP contribution in [0, 0.1) is 5.41 Å². The molecule has 0 aromatic carbocycles. The summed E-state index contributed by atoms with van der Waals surface area (Å²) >= 11 is 1.21. The molecule has 1 aliphatic heterocycles. The third-order valence-corrected chi connectivity index (χ3v) is 9.54. The predicted molar refractivity (Wildman–Crippen MR) is 132 cm³/mol. The summed E-state index contributed by atoms with van der Waals surface area (Å²) < 4.78 is 68.8. The van der Waals surface area contributed by atoms with Crippen molar-refractivity contribution in [3.63, 3.8) is 0 Å². The minimum absolute atomic E-state index is 0.0533. The minimum atomic E-state index is -4.37. The molecule has 2 aromatic heterocycles. The van der Waals surface area contributed by atoms with E-state index >= 15 is 0 Å². The smallest absolute Gasteiger partial charge is 0.422 e. The van der Waals surface area contributed by atoms with Crippen molar-refractivity contribution >= 4 is 17.2 Å². The molecular weight excluding hydrogens is 527 g/mol. The lowest BCUT2D eigenvalue weighted by atomic mass is 9.56. The van der Waals surface area contributed by atoms with Crippen LogP contribution in [0.15, 0.2) is 18.3 Å². The molecule has 0 atom stereocenters. The zero-order valence-electron chi connectivity index (χ0n) is 21.0. The number of carbonyl (C=O) groups is 1. The van der Waals surface area contributed by atoms with E-state index < -0.39 is 30.8 Å². The maximum atomic E-state index is 13.3. The van der Waals surface area contributed by atoms with Gasteiger partial charge >= 0.3 is 6.18 Å². The van der Waals surface area contributed by atoms with Gasteiger partial charge in [0.1, 0.15) is 5.69 Å². The summed E-state index contributed by atoms with van der Waals surface area (Å²) in [5.74, 6) is -0.472. The van der Waals surface area contributed by atoms with Crippen molar-refractivity contribution in [2.75, 3.05) is 26.2 Å². The van der Waals surface area contributed by atoms with E-state index in [4.69, 9.17) is 4.74 Å². The molecular formula is C26H31F5N4O2S. The molecule has 0 saturated heterocycles. The Morgan fingerprint density at radius 2 is 1.84 bits per heavy atom. The molecule has 2 bridgehead atoms. The third kappa shape index (κ3) is 6.11. The van der Waals surface area contributed by atoms with Crippen LogP contribution in [0.2, 0.25) is 0 Å². The average Bonchev–Trinajstić information content (AvgIpc) is 3.20. The van der Waals surface area contributed by atoms with Crippen LogP contribution in [0.1, 0.15) is 78.0 Å². The monoisotopic (exact) mass is 558 g/mol. The lowest BCUT2D eigenvalue weighted by molar-refractivity contribution is -0.153. The summed E-state index contributed by atoms with van der Waals surface area (Å²) in [7, 11) is 0. The molecule has 208 valence electrons. The molecule has 3 fully saturated rings. The van der Waals surface area contributed by atoms with Crippen LogP contribution in [-0.4, -0.2) is 58.7 Å². The quantitative estimate of drug-likeness (QED) is 0.419. The Hall–Kier alpha value is -2.34. The summed E-state index contributed by atoms with van der Waals surface area (Å²) in [4.78, 5) is 24.3. The van der Waals surface area contributed by atoms with Crippen LogP contribution >= 0.6 is 11.3 Å². The predicted octanol–water partition coefficient (Wildman–Crippen LogP) is 5.73. The highest BCUT2D eigenvalue weighted by Gasteiger charge is 2.49. The standard InChI is InChI=1S/C26H31F5N4O2S/c27-21(28)20-17(2-1-12-32-20)22(36)34-25-8-5-24(6-9-25,7-10-25)11-15-35-13-3-18-19(4-14-35)38-23(33-18)37-16-26(29,30)31/h1-2,12,21H,3-11,13-16H2,(H,34,36). The number of thiazole rings is 1. The first-order valence-electron chi connectivity index (χ1n) is 13.0. The number of ether oxygens (including phenoxy) is 1. The van der Waals surface area contributed by atoms with Crippen molar-refractivity contribution < 1.29 is 31.5 Å². The number of nitrogens with one attached hydrogen (secondary N) is 1. The molecule has 3 saturated carbocycles. The molecule has 0 unspecified atom stereocenters. The largest absolute Gasteiger partial charge is 0.460 e. The van der Waals surface area contributed by atoms with Gasteiger partial charge in [0.15, 0.2) is 6.61 Å². The van der Waals surface area contributed by atoms with Crippen LogP contribution in [0.25, 0.3) is 0 Å². The molecule has 6 nitrogen and oxygen atoms in total. The number of nitrogens with zero attached hydrogens (tertiary/aromatic N) is 3. The second kappa shape index (κ2) is 10.7. The molecule has 38 heavy (non-hydrogen) atoms. The van der Waals surface area contributed by atoms with Gasteiger partial charge < -0.3 is 15.0 Å². The van der Waals surface area contributed by atoms with Crippen LogP contribution < -0.4 is 10.1 Å². The van der Waals surface area contributed by atoms with Gasteiger partial charge in [-0.15, -0.1) is 0 Å². The van der Waals surface area contributed by atoms with Gasteiger partial charge in [-0.2, -0.15) is 13.2 Å². The average molecular weight is 559 g/mol. The van der Waals surface area contributed by atoms with Gasteiger partial charge in [-0.3, -0.25) is 9.78 Å². The number of alkyl halides is 5. The molecule has 0 radical (unpaired) electrons. The summed E-state index contributed by atoms with van der Waals surface area (Å²) in [6, 6.07) is 2.91. The highest BCUT2D eigenvalue weighted by Crippen LogP contribution is 2.54. The maximum absolute atomic E-state index is 13.3. The second-order valence-electron chi connectivity index (χ2n) is 10.8. The molecule has 6 rings (SSSR count). The van der Waals surface area contributed by atoms with E-state index in [2.05, 4.69) is 20.2 Å². The summed E-state index contributed by atoms with van der Waals surface area (Å²) in [5.41, 5.74) is 0.190. The number of carbonyl (C=O) groups excluding carboxylic acids is 1. The van der Waals surface area contributed by atoms with Crippen molar-refractivity contribution in [2.24, 2.45) is 5.41 Å². The maximum Gasteiger partial charge on any atom is 0.422 e. The number of fused-ring (bicyclic) bond motifs is 4. The number of rotatable bonds is 8. The van der Waals surface area contributed by atoms with E-state index in [0.29, 0.717) is 6.42 Å². The van der Waals surface area contributed by atoms with Gasteiger partial charge in [-0.1, -0.05) is 11.3 Å². The van der Waals surface area contributed by atoms with Crippen molar-refractivity contribution in [2.45, 2.75) is 75.9 Å². The lowest BCUT2D eigenvalue weighted by Gasteiger charge is -2.54. The van der Waals surface area contributed by atoms with Crippen molar-refractivity contribution in [1.82, 2.24) is 20.2 Å². The first-order chi connectivity index (χ1) is 18.1. The molecule has 2 aromatic rings. The number of aromatic nitrogens is 2. The van der Waals surface area contributed by atoms with Gasteiger partial charge in [-0.05, 0) is 75.5 Å². The van der Waals surface area contributed by atoms with Crippen molar-refractivity contribution in [3.05, 3.63) is 40.2 Å². The van der Waals surface area contributed by atoms with Crippen LogP contribution in [0.5, 0.6) is 5.19 Å². The summed E-state index contributed by atoms with van der Waals surface area (Å²) in [5, 5.41) is 3.18. The fourth-order valence-electron chi connectivity index (χ4n) is 6.13. The molecule has 0 spiro atoms. The Morgan fingerprint density at radius 1 is 1.13 bits per heavy atom. The fourth-order valence-corrected chi connectivity index (χ4v) is 7.07. The van der Waals surface area contributed by atoms with Gasteiger partial charge in [0, 0.05) is 36.1 Å². The van der Waals surface area contributed by atoms with Gasteiger partial charge in [0.2, 0.25) is 0 Å². The zero-order chi connectivity index (χ0) is 27.0. The van der Waals surface area contributed by atoms with Gasteiger partial charge in [-0.25, -0.2) is 13.8 Å². The highest BCUT2D eigenvalue weighted by molar-refractivity contribution is 7.13. The molecule has 1 N–H and O–H groups in total. The van der Waals surface area contributed by atoms with E-state index in [0.717, 1.165) is 81.6 Å². The Bertz CT molecular complexity index is 1100. The molecule has 4 aliphatic rings. The van der Waals surface area contributed by atoms with Crippen molar-refractivity contribution in [1.29, 1.82) is 0 Å². The zero-order valence-corrected chi connectivity index (χ0v) is 21.8. The number of hydrogen-bond donors (Lipinski definition) is 1. The summed E-state index contributed by atoms with van der Waals surface area (Å²) in [6.07, 6.45) is 2.08. The molecule has 1 amide bonds. The lowest BCUT2D eigenvalue weighted by Crippen LogP contribution is -2.57. The van der Waals surface area contributed by atoms with E-state index in [1.165, 1.54) is 29.7 Å². The Labute approximate surface area is 222 Å². The number of halogens is 5. The first kappa shape index (κ1) is 27.2. The third-order valence-electron chi connectivity index (χ3n) is 8.47. The number of hydrogen-bond acceptors (Lipinski definition) is 6. The number of amides is 1. The highest BCUT2D eigenvalue weighted by atomic mass is 32.1. The first-order valence-corrected chi connectivity index (χ1v) is 13.8. The molecule has 3 aliphatic carbocycles. The SMILES string of the molecule is O=C(NC12CCC(CCN3CCc4nc(OCC(F)(F)F)sc4CC3)(CC1)CC2)c1cccnc1C(F)F. The van der Waals surface area contributed by atoms with Gasteiger partial charge in [0.05, 0.1) is 11.3 Å². The fraction of sp³-hybridized carbons (Fsp3) is 0.654. The van der Waals surface area contributed by atoms with Crippen LogP contribution in [-0.2, 0) is 12.8 Å². The van der Waals surface area contributed by atoms with Crippen molar-refractivity contribution in [3.8, 4) is 5.19 Å². The number of pyridine rings is 1. The second-order valence-corrected chi connectivity index (χ2v) is 11.9. The Balaban J connectivity index is 1.11. The molecule has 12 heteroatoms. The minimum Gasteiger partial charge on any atom is -0.460 e. The van der Waals surface area contributed by atoms with E-state index in [9.17, 15) is 26.7 Å².